The highest BCUT2D eigenvalue weighted by Gasteiger charge is 2.22. The molecule has 32 heavy (non-hydrogen) atoms. The van der Waals surface area contributed by atoms with Gasteiger partial charge in [0.1, 0.15) is 0 Å². The first-order chi connectivity index (χ1) is 15.0. The zero-order valence-corrected chi connectivity index (χ0v) is 19.7. The number of benzene rings is 2. The van der Waals surface area contributed by atoms with Gasteiger partial charge >= 0.3 is 0 Å². The highest BCUT2D eigenvalue weighted by atomic mass is 32.2. The predicted octanol–water partition coefficient (Wildman–Crippen LogP) is 3.96. The van der Waals surface area contributed by atoms with Gasteiger partial charge < -0.3 is 9.84 Å². The van der Waals surface area contributed by atoms with Crippen LogP contribution >= 0.6 is 0 Å². The molecule has 2 N–H and O–H groups in total. The molecule has 1 aromatic heterocycles. The largest absolute Gasteiger partial charge is 0.338 e. The van der Waals surface area contributed by atoms with Crippen molar-refractivity contribution in [3.8, 4) is 11.4 Å². The summed E-state index contributed by atoms with van der Waals surface area (Å²) < 4.78 is 32.6. The molecule has 1 heterocycles. The van der Waals surface area contributed by atoms with Gasteiger partial charge in [-0.15, -0.1) is 0 Å². The molecule has 0 fully saturated rings. The fourth-order valence-corrected chi connectivity index (χ4v) is 3.95. The second-order valence-corrected chi connectivity index (χ2v) is 10.5. The lowest BCUT2D eigenvalue weighted by Crippen LogP contribution is -2.28. The standard InChI is InChI=1S/C23H28N4O4S/c1-15-6-11-19(14-16(15)2)32(29,30)24-13-12-20(28)25-18-9-7-17(8-10-18)21-26-22(31-27-21)23(3,4)5/h6-11,14,24H,12-13H2,1-5H3,(H,25,28). The molecule has 0 saturated carbocycles. The molecule has 3 rings (SSSR count). The van der Waals surface area contributed by atoms with E-state index in [4.69, 9.17) is 4.52 Å². The van der Waals surface area contributed by atoms with Crippen molar-refractivity contribution >= 4 is 21.6 Å². The van der Waals surface area contributed by atoms with Gasteiger partial charge in [-0.1, -0.05) is 32.0 Å². The Morgan fingerprint density at radius 2 is 1.72 bits per heavy atom. The zero-order chi connectivity index (χ0) is 23.5. The first kappa shape index (κ1) is 23.6. The molecule has 170 valence electrons. The molecule has 0 atom stereocenters. The van der Waals surface area contributed by atoms with Crippen LogP contribution in [0.2, 0.25) is 0 Å². The van der Waals surface area contributed by atoms with Crippen LogP contribution in [-0.2, 0) is 20.2 Å². The molecule has 1 amide bonds. The third kappa shape index (κ3) is 5.80. The monoisotopic (exact) mass is 456 g/mol. The number of nitrogens with zero attached hydrogens (tertiary/aromatic N) is 2. The molecule has 8 nitrogen and oxygen atoms in total. The van der Waals surface area contributed by atoms with Crippen molar-refractivity contribution in [2.24, 2.45) is 0 Å². The smallest absolute Gasteiger partial charge is 0.240 e. The first-order valence-corrected chi connectivity index (χ1v) is 11.8. The minimum Gasteiger partial charge on any atom is -0.338 e. The van der Waals surface area contributed by atoms with E-state index < -0.39 is 10.0 Å². The number of sulfonamides is 1. The van der Waals surface area contributed by atoms with E-state index in [0.717, 1.165) is 16.7 Å². The molecule has 0 radical (unpaired) electrons. The lowest BCUT2D eigenvalue weighted by Gasteiger charge is -2.10. The van der Waals surface area contributed by atoms with Crippen LogP contribution in [0.5, 0.6) is 0 Å². The summed E-state index contributed by atoms with van der Waals surface area (Å²) in [7, 11) is -3.67. The van der Waals surface area contributed by atoms with E-state index in [9.17, 15) is 13.2 Å². The van der Waals surface area contributed by atoms with E-state index in [0.29, 0.717) is 17.4 Å². The van der Waals surface area contributed by atoms with Crippen LogP contribution in [0.15, 0.2) is 51.9 Å². The average molecular weight is 457 g/mol. The third-order valence-electron chi connectivity index (χ3n) is 4.93. The number of amides is 1. The summed E-state index contributed by atoms with van der Waals surface area (Å²) in [4.78, 5) is 16.8. The molecule has 0 saturated heterocycles. The molecule has 0 spiro atoms. The van der Waals surface area contributed by atoms with Gasteiger partial charge in [0.15, 0.2) is 0 Å². The maximum absolute atomic E-state index is 12.4. The lowest BCUT2D eigenvalue weighted by atomic mass is 9.97. The van der Waals surface area contributed by atoms with Crippen molar-refractivity contribution < 1.29 is 17.7 Å². The normalized spacial score (nSPS) is 12.0. The summed E-state index contributed by atoms with van der Waals surface area (Å²) in [6.07, 6.45) is 0.00556. The molecule has 0 aliphatic rings. The van der Waals surface area contributed by atoms with Crippen LogP contribution in [0.25, 0.3) is 11.4 Å². The Hall–Kier alpha value is -3.04. The number of aryl methyl sites for hydroxylation is 2. The Balaban J connectivity index is 1.54. The Labute approximate surface area is 188 Å². The summed E-state index contributed by atoms with van der Waals surface area (Å²) >= 11 is 0. The number of hydrogen-bond acceptors (Lipinski definition) is 6. The molecule has 0 bridgehead atoms. The molecular weight excluding hydrogens is 428 g/mol. The highest BCUT2D eigenvalue weighted by Crippen LogP contribution is 2.24. The number of carbonyl (C=O) groups is 1. The van der Waals surface area contributed by atoms with Crippen LogP contribution < -0.4 is 10.0 Å². The SMILES string of the molecule is Cc1ccc(S(=O)(=O)NCCC(=O)Nc2ccc(-c3noc(C(C)(C)C)n3)cc2)cc1C. The molecule has 3 aromatic rings. The minimum absolute atomic E-state index is 0.00237. The van der Waals surface area contributed by atoms with E-state index in [1.165, 1.54) is 0 Å². The topological polar surface area (TPSA) is 114 Å². The number of nitrogens with one attached hydrogen (secondary N) is 2. The van der Waals surface area contributed by atoms with E-state index in [1.807, 2.05) is 34.6 Å². The van der Waals surface area contributed by atoms with E-state index in [1.54, 1.807) is 42.5 Å². The van der Waals surface area contributed by atoms with Gasteiger partial charge in [0, 0.05) is 29.6 Å². The van der Waals surface area contributed by atoms with E-state index >= 15 is 0 Å². The number of anilines is 1. The van der Waals surface area contributed by atoms with Crippen molar-refractivity contribution in [2.45, 2.75) is 51.3 Å². The minimum atomic E-state index is -3.67. The van der Waals surface area contributed by atoms with Gasteiger partial charge in [-0.05, 0) is 61.4 Å². The molecule has 0 aliphatic carbocycles. The van der Waals surface area contributed by atoms with Gasteiger partial charge in [-0.2, -0.15) is 4.98 Å². The number of aromatic nitrogens is 2. The zero-order valence-electron chi connectivity index (χ0n) is 18.9. The Morgan fingerprint density at radius 3 is 2.31 bits per heavy atom. The van der Waals surface area contributed by atoms with Crippen LogP contribution in [0.4, 0.5) is 5.69 Å². The van der Waals surface area contributed by atoms with Crippen LogP contribution in [0.1, 0.15) is 44.2 Å². The summed E-state index contributed by atoms with van der Waals surface area (Å²) in [5.74, 6) is 0.733. The summed E-state index contributed by atoms with van der Waals surface area (Å²) in [6, 6.07) is 12.0. The molecule has 0 unspecified atom stereocenters. The van der Waals surface area contributed by atoms with Gasteiger partial charge in [0.25, 0.3) is 0 Å². The third-order valence-corrected chi connectivity index (χ3v) is 6.39. The van der Waals surface area contributed by atoms with Crippen LogP contribution in [-0.4, -0.2) is 31.0 Å². The lowest BCUT2D eigenvalue weighted by molar-refractivity contribution is -0.116. The summed E-state index contributed by atoms with van der Waals surface area (Å²) in [5.41, 5.74) is 3.03. The summed E-state index contributed by atoms with van der Waals surface area (Å²) in [6.45, 7) is 9.74. The Bertz CT molecular complexity index is 1210. The van der Waals surface area contributed by atoms with Crippen molar-refractivity contribution in [3.63, 3.8) is 0 Å². The molecule has 9 heteroatoms. The van der Waals surface area contributed by atoms with E-state index in [-0.39, 0.29) is 29.2 Å². The van der Waals surface area contributed by atoms with Crippen molar-refractivity contribution in [1.29, 1.82) is 0 Å². The second kappa shape index (κ2) is 9.22. The van der Waals surface area contributed by atoms with Crippen molar-refractivity contribution in [1.82, 2.24) is 14.9 Å². The van der Waals surface area contributed by atoms with E-state index in [2.05, 4.69) is 20.2 Å². The fraction of sp³-hybridized carbons (Fsp3) is 0.348. The predicted molar refractivity (Wildman–Crippen MR) is 123 cm³/mol. The summed E-state index contributed by atoms with van der Waals surface area (Å²) in [5, 5.41) is 6.76. The second-order valence-electron chi connectivity index (χ2n) is 8.69. The fourth-order valence-electron chi connectivity index (χ4n) is 2.83. The van der Waals surface area contributed by atoms with Crippen LogP contribution in [0.3, 0.4) is 0 Å². The average Bonchev–Trinajstić information content (AvgIpc) is 3.21. The van der Waals surface area contributed by atoms with Gasteiger partial charge in [-0.25, -0.2) is 13.1 Å². The number of rotatable bonds is 7. The first-order valence-electron chi connectivity index (χ1n) is 10.3. The molecule has 2 aromatic carbocycles. The molecule has 0 aliphatic heterocycles. The Kier molecular flexibility index (Phi) is 6.80. The van der Waals surface area contributed by atoms with Gasteiger partial charge in [0.05, 0.1) is 4.90 Å². The maximum atomic E-state index is 12.4. The quantitative estimate of drug-likeness (QED) is 0.556. The molecular formula is C23H28N4O4S. The maximum Gasteiger partial charge on any atom is 0.240 e. The van der Waals surface area contributed by atoms with Crippen LogP contribution in [0, 0.1) is 13.8 Å². The number of hydrogen-bond donors (Lipinski definition) is 2. The van der Waals surface area contributed by atoms with Crippen molar-refractivity contribution in [2.75, 3.05) is 11.9 Å². The van der Waals surface area contributed by atoms with Gasteiger partial charge in [-0.3, -0.25) is 4.79 Å². The van der Waals surface area contributed by atoms with Crippen molar-refractivity contribution in [3.05, 3.63) is 59.5 Å². The highest BCUT2D eigenvalue weighted by molar-refractivity contribution is 7.89. The number of carbonyl (C=O) groups excluding carboxylic acids is 1. The Morgan fingerprint density at radius 1 is 1.03 bits per heavy atom. The van der Waals surface area contributed by atoms with Gasteiger partial charge in [0.2, 0.25) is 27.6 Å².